The van der Waals surface area contributed by atoms with Crippen molar-refractivity contribution in [2.45, 2.75) is 70.9 Å². The number of carbonyl (C=O) groups excluding carboxylic acids is 3. The lowest BCUT2D eigenvalue weighted by Gasteiger charge is -2.32. The summed E-state index contributed by atoms with van der Waals surface area (Å²) < 4.78 is 39.0. The number of aliphatic hydroxyl groups is 1. The summed E-state index contributed by atoms with van der Waals surface area (Å²) in [4.78, 5) is 48.8. The number of anilines is 1. The van der Waals surface area contributed by atoms with Gasteiger partial charge in [0.25, 0.3) is 0 Å². The van der Waals surface area contributed by atoms with Crippen molar-refractivity contribution in [3.8, 4) is 17.3 Å². The highest BCUT2D eigenvalue weighted by molar-refractivity contribution is 5.90. The van der Waals surface area contributed by atoms with Crippen LogP contribution in [-0.2, 0) is 26.2 Å². The molecule has 3 aliphatic heterocycles. The number of aliphatic hydroxyl groups excluding tert-OH is 1. The van der Waals surface area contributed by atoms with Gasteiger partial charge in [-0.1, -0.05) is 46.8 Å². The number of hydrogen-bond acceptors (Lipinski definition) is 11. The molecule has 0 unspecified atom stereocenters. The van der Waals surface area contributed by atoms with Crippen molar-refractivity contribution in [1.82, 2.24) is 20.6 Å². The van der Waals surface area contributed by atoms with E-state index in [2.05, 4.69) is 20.9 Å². The monoisotopic (exact) mass is 673 g/mol. The predicted molar refractivity (Wildman–Crippen MR) is 171 cm³/mol. The average Bonchev–Trinajstić information content (AvgIpc) is 3.83. The van der Waals surface area contributed by atoms with Crippen LogP contribution in [0.3, 0.4) is 0 Å². The maximum atomic E-state index is 15.2. The largest absolute Gasteiger partial charge is 0.469 e. The Morgan fingerprint density at radius 3 is 2.61 bits per heavy atom. The molecule has 4 N–H and O–H groups in total. The van der Waals surface area contributed by atoms with E-state index >= 15 is 4.39 Å². The Morgan fingerprint density at radius 2 is 1.90 bits per heavy atom. The van der Waals surface area contributed by atoms with Crippen molar-refractivity contribution in [2.75, 3.05) is 12.4 Å². The lowest BCUT2D eigenvalue weighted by molar-refractivity contribution is -0.136. The summed E-state index contributed by atoms with van der Waals surface area (Å²) in [5, 5.41) is 19.6. The van der Waals surface area contributed by atoms with E-state index in [1.165, 1.54) is 19.2 Å². The fraction of sp³-hybridized carbons (Fsp3) is 0.400. The Hall–Kier alpha value is -5.24. The number of benzene rings is 2. The van der Waals surface area contributed by atoms with Gasteiger partial charge in [0.15, 0.2) is 23.4 Å². The first kappa shape index (κ1) is 32.3. The van der Waals surface area contributed by atoms with Crippen LogP contribution in [0.15, 0.2) is 51.5 Å². The van der Waals surface area contributed by atoms with Crippen LogP contribution in [0.1, 0.15) is 79.5 Å². The third-order valence-electron chi connectivity index (χ3n) is 9.28. The first-order valence-corrected chi connectivity index (χ1v) is 15.9. The molecule has 5 atom stereocenters. The van der Waals surface area contributed by atoms with E-state index in [-0.39, 0.29) is 41.3 Å². The topological polar surface area (TPSA) is 178 Å². The maximum Gasteiger partial charge on any atom is 0.360 e. The Kier molecular flexibility index (Phi) is 7.54. The number of amides is 2. The van der Waals surface area contributed by atoms with Crippen molar-refractivity contribution in [1.29, 1.82) is 0 Å². The fourth-order valence-electron chi connectivity index (χ4n) is 6.72. The summed E-state index contributed by atoms with van der Waals surface area (Å²) in [5.41, 5.74) is 0.236. The highest BCUT2D eigenvalue weighted by atomic mass is 19.1. The molecule has 49 heavy (non-hydrogen) atoms. The van der Waals surface area contributed by atoms with Crippen LogP contribution in [-0.4, -0.2) is 58.3 Å². The molecule has 3 aliphatic rings. The average molecular weight is 674 g/mol. The molecule has 0 radical (unpaired) electrons. The first-order chi connectivity index (χ1) is 23.2. The molecule has 13 nitrogen and oxygen atoms in total. The number of aromatic nitrogens is 2. The van der Waals surface area contributed by atoms with Gasteiger partial charge in [0, 0.05) is 23.2 Å². The molecular weight excluding hydrogens is 637 g/mol. The number of hydrogen-bond donors (Lipinski definition) is 4. The van der Waals surface area contributed by atoms with Gasteiger partial charge < -0.3 is 39.4 Å². The molecule has 2 aromatic carbocycles. The number of rotatable bonds is 5. The zero-order chi connectivity index (χ0) is 35.0. The van der Waals surface area contributed by atoms with Crippen LogP contribution in [0.2, 0.25) is 0 Å². The molecule has 14 heteroatoms. The summed E-state index contributed by atoms with van der Waals surface area (Å²) in [5.74, 6) is -2.19. The van der Waals surface area contributed by atoms with Crippen LogP contribution in [0, 0.1) is 17.2 Å². The van der Waals surface area contributed by atoms with Gasteiger partial charge in [-0.2, -0.15) is 0 Å². The van der Waals surface area contributed by atoms with Gasteiger partial charge in [-0.3, -0.25) is 9.59 Å². The van der Waals surface area contributed by atoms with Crippen LogP contribution >= 0.6 is 0 Å². The van der Waals surface area contributed by atoms with Crippen molar-refractivity contribution in [3.63, 3.8) is 0 Å². The molecule has 4 aromatic rings. The minimum absolute atomic E-state index is 0.0538. The van der Waals surface area contributed by atoms with Gasteiger partial charge in [0.05, 0.1) is 7.11 Å². The smallest absolute Gasteiger partial charge is 0.360 e. The van der Waals surface area contributed by atoms with E-state index in [0.29, 0.717) is 28.1 Å². The molecule has 7 rings (SSSR count). The minimum atomic E-state index is -1.36. The van der Waals surface area contributed by atoms with Crippen molar-refractivity contribution in [2.24, 2.45) is 11.3 Å². The quantitative estimate of drug-likeness (QED) is 0.225. The number of nitrogens with one attached hydrogen (secondary N) is 3. The van der Waals surface area contributed by atoms with Crippen molar-refractivity contribution >= 4 is 23.5 Å². The summed E-state index contributed by atoms with van der Waals surface area (Å²) in [7, 11) is 1.22. The second-order valence-corrected chi connectivity index (χ2v) is 14.0. The Morgan fingerprint density at radius 1 is 1.12 bits per heavy atom. The van der Waals surface area contributed by atoms with Crippen LogP contribution in [0.4, 0.5) is 10.1 Å². The van der Waals surface area contributed by atoms with Gasteiger partial charge in [0.2, 0.25) is 23.6 Å². The van der Waals surface area contributed by atoms with Gasteiger partial charge >= 0.3 is 5.97 Å². The van der Waals surface area contributed by atoms with Crippen molar-refractivity contribution < 1.29 is 42.2 Å². The number of fused-ring (bicyclic) bond motifs is 4. The van der Waals surface area contributed by atoms with Gasteiger partial charge in [-0.15, -0.1) is 0 Å². The second kappa shape index (κ2) is 11.4. The molecule has 4 bridgehead atoms. The van der Waals surface area contributed by atoms with E-state index in [1.807, 2.05) is 26.8 Å². The highest BCUT2D eigenvalue weighted by Gasteiger charge is 2.61. The SMILES string of the molecule is COC(=O)c1coc(-c2nc3oc2[C@@]24c5cc(F)ccc5N[C@@H]2Oc2ccc(cc24)C[C@H](NC(=O)[C@@H](O)C(C)C)C(=O)N[C@H]3C(C)(C)C)n1. The molecule has 0 saturated heterocycles. The van der Waals surface area contributed by atoms with E-state index in [9.17, 15) is 19.5 Å². The number of carbonyl (C=O) groups is 3. The molecule has 2 amide bonds. The van der Waals surface area contributed by atoms with E-state index in [0.717, 1.165) is 6.26 Å². The molecular formula is C35H36FN5O8. The second-order valence-electron chi connectivity index (χ2n) is 14.0. The zero-order valence-corrected chi connectivity index (χ0v) is 27.7. The molecule has 0 aliphatic carbocycles. The third kappa shape index (κ3) is 5.12. The molecule has 2 aromatic heterocycles. The summed E-state index contributed by atoms with van der Waals surface area (Å²) in [6, 6.07) is 7.71. The Bertz CT molecular complexity index is 2000. The molecule has 0 fully saturated rings. The standard InChI is InChI=1S/C35H36FN5O8/c1-15(2)25(42)29(44)37-21-12-16-7-10-23-19(11-16)35(18-13-17(36)8-9-20(18)39-33(35)48-23)27-24(30-38-22(14-47-30)32(45)46-6)40-31(49-27)26(34(3,4)5)41-28(21)43/h7-11,13-15,21,25-26,33,39,42H,12H2,1-6H3,(H,37,44)(H,41,43)/t21-,25-,26+,33+,35-/m0/s1. The molecule has 0 saturated carbocycles. The highest BCUT2D eigenvalue weighted by Crippen LogP contribution is 2.59. The minimum Gasteiger partial charge on any atom is -0.469 e. The number of oxazole rings is 2. The summed E-state index contributed by atoms with van der Waals surface area (Å²) >= 11 is 0. The summed E-state index contributed by atoms with van der Waals surface area (Å²) in [6.45, 7) is 9.05. The lowest BCUT2D eigenvalue weighted by Crippen LogP contribution is -2.53. The lowest BCUT2D eigenvalue weighted by atomic mass is 9.72. The summed E-state index contributed by atoms with van der Waals surface area (Å²) in [6.07, 6.45) is -0.986. The van der Waals surface area contributed by atoms with Gasteiger partial charge in [-0.25, -0.2) is 19.2 Å². The third-order valence-corrected chi connectivity index (χ3v) is 9.28. The number of nitrogens with zero attached hydrogens (tertiary/aromatic N) is 2. The number of esters is 1. The van der Waals surface area contributed by atoms with Gasteiger partial charge in [-0.05, 0) is 41.2 Å². The zero-order valence-electron chi connectivity index (χ0n) is 27.7. The van der Waals surface area contributed by atoms with Gasteiger partial charge in [0.1, 0.15) is 41.4 Å². The molecule has 1 spiro atoms. The van der Waals surface area contributed by atoms with E-state index < -0.39 is 58.8 Å². The molecule has 5 heterocycles. The number of halogens is 1. The number of ether oxygens (including phenoxy) is 2. The van der Waals surface area contributed by atoms with E-state index in [1.54, 1.807) is 32.0 Å². The Labute approximate surface area is 280 Å². The van der Waals surface area contributed by atoms with Crippen LogP contribution < -0.4 is 20.7 Å². The normalized spacial score (nSPS) is 22.9. The Balaban J connectivity index is 1.51. The first-order valence-electron chi connectivity index (χ1n) is 15.9. The molecule has 256 valence electrons. The predicted octanol–water partition coefficient (Wildman–Crippen LogP) is 3.99. The number of methoxy groups -OCH3 is 1. The van der Waals surface area contributed by atoms with Crippen LogP contribution in [0.25, 0.3) is 11.6 Å². The fourth-order valence-corrected chi connectivity index (χ4v) is 6.72. The van der Waals surface area contributed by atoms with Crippen LogP contribution in [0.5, 0.6) is 5.75 Å². The van der Waals surface area contributed by atoms with Crippen molar-refractivity contribution in [3.05, 3.63) is 82.5 Å². The maximum absolute atomic E-state index is 15.2. The van der Waals surface area contributed by atoms with E-state index in [4.69, 9.17) is 23.3 Å².